The van der Waals surface area contributed by atoms with Gasteiger partial charge in [-0.25, -0.2) is 4.79 Å². The van der Waals surface area contributed by atoms with E-state index in [1.807, 2.05) is 4.90 Å². The first-order valence-corrected chi connectivity index (χ1v) is 5.62. The van der Waals surface area contributed by atoms with E-state index in [4.69, 9.17) is 4.74 Å². The standard InChI is InChI=1S/C12H16N2O3/c1-12(11(15)16,10-2-4-13-5-3-10)14-6-8-17-9-7-14/h2-5H,6-9H2,1H3,(H,15,16). The van der Waals surface area contributed by atoms with E-state index in [1.54, 1.807) is 31.5 Å². The van der Waals surface area contributed by atoms with E-state index >= 15 is 0 Å². The predicted molar refractivity (Wildman–Crippen MR) is 61.6 cm³/mol. The van der Waals surface area contributed by atoms with Crippen molar-refractivity contribution in [2.45, 2.75) is 12.5 Å². The zero-order valence-electron chi connectivity index (χ0n) is 9.80. The van der Waals surface area contributed by atoms with E-state index in [0.29, 0.717) is 26.3 Å². The second-order valence-corrected chi connectivity index (χ2v) is 4.21. The van der Waals surface area contributed by atoms with Gasteiger partial charge in [0.15, 0.2) is 0 Å². The van der Waals surface area contributed by atoms with Crippen molar-refractivity contribution >= 4 is 5.97 Å². The van der Waals surface area contributed by atoms with Crippen LogP contribution in [-0.4, -0.2) is 47.3 Å². The van der Waals surface area contributed by atoms with Crippen LogP contribution < -0.4 is 0 Å². The van der Waals surface area contributed by atoms with Gasteiger partial charge in [-0.15, -0.1) is 0 Å². The van der Waals surface area contributed by atoms with Gasteiger partial charge in [0.05, 0.1) is 13.2 Å². The molecule has 2 heterocycles. The number of carbonyl (C=O) groups is 1. The Hall–Kier alpha value is -1.46. The molecular weight excluding hydrogens is 220 g/mol. The van der Waals surface area contributed by atoms with Crippen LogP contribution in [0.5, 0.6) is 0 Å². The Balaban J connectivity index is 2.35. The van der Waals surface area contributed by atoms with Crippen molar-refractivity contribution in [3.63, 3.8) is 0 Å². The fourth-order valence-electron chi connectivity index (χ4n) is 2.13. The number of hydrogen-bond acceptors (Lipinski definition) is 4. The fourth-order valence-corrected chi connectivity index (χ4v) is 2.13. The van der Waals surface area contributed by atoms with Crippen molar-refractivity contribution < 1.29 is 14.6 Å². The van der Waals surface area contributed by atoms with Gasteiger partial charge in [-0.3, -0.25) is 9.88 Å². The van der Waals surface area contributed by atoms with Gasteiger partial charge < -0.3 is 9.84 Å². The number of aromatic nitrogens is 1. The normalized spacial score (nSPS) is 20.8. The average molecular weight is 236 g/mol. The maximum atomic E-state index is 11.6. The molecule has 1 fully saturated rings. The number of ether oxygens (including phenoxy) is 1. The summed E-state index contributed by atoms with van der Waals surface area (Å²) in [5.41, 5.74) is -0.255. The van der Waals surface area contributed by atoms with Crippen molar-refractivity contribution in [2.75, 3.05) is 26.3 Å². The lowest BCUT2D eigenvalue weighted by molar-refractivity contribution is -0.154. The maximum Gasteiger partial charge on any atom is 0.328 e. The Morgan fingerprint density at radius 1 is 1.41 bits per heavy atom. The zero-order chi connectivity index (χ0) is 12.3. The van der Waals surface area contributed by atoms with E-state index in [0.717, 1.165) is 5.56 Å². The summed E-state index contributed by atoms with van der Waals surface area (Å²) < 4.78 is 5.26. The van der Waals surface area contributed by atoms with Crippen LogP contribution in [0.2, 0.25) is 0 Å². The number of hydrogen-bond donors (Lipinski definition) is 1. The number of nitrogens with zero attached hydrogens (tertiary/aromatic N) is 2. The Bertz CT molecular complexity index is 390. The summed E-state index contributed by atoms with van der Waals surface area (Å²) in [6.07, 6.45) is 3.24. The Kier molecular flexibility index (Phi) is 3.40. The molecule has 1 N–H and O–H groups in total. The molecule has 0 amide bonds. The number of carboxylic acids is 1. The molecule has 92 valence electrons. The van der Waals surface area contributed by atoms with Crippen molar-refractivity contribution in [2.24, 2.45) is 0 Å². The van der Waals surface area contributed by atoms with Crippen molar-refractivity contribution in [3.05, 3.63) is 30.1 Å². The van der Waals surface area contributed by atoms with Gasteiger partial charge in [0.25, 0.3) is 0 Å². The second-order valence-electron chi connectivity index (χ2n) is 4.21. The fraction of sp³-hybridized carbons (Fsp3) is 0.500. The van der Waals surface area contributed by atoms with Crippen LogP contribution in [0.1, 0.15) is 12.5 Å². The van der Waals surface area contributed by atoms with Crippen LogP contribution in [0.4, 0.5) is 0 Å². The summed E-state index contributed by atoms with van der Waals surface area (Å²) in [5, 5.41) is 9.54. The van der Waals surface area contributed by atoms with Gasteiger partial charge in [-0.2, -0.15) is 0 Å². The Labute approximate surface area is 100 Å². The lowest BCUT2D eigenvalue weighted by Gasteiger charge is -2.40. The molecule has 0 radical (unpaired) electrons. The van der Waals surface area contributed by atoms with E-state index < -0.39 is 11.5 Å². The lowest BCUT2D eigenvalue weighted by Crippen LogP contribution is -2.54. The minimum Gasteiger partial charge on any atom is -0.480 e. The summed E-state index contributed by atoms with van der Waals surface area (Å²) in [7, 11) is 0. The zero-order valence-corrected chi connectivity index (χ0v) is 9.80. The first-order chi connectivity index (χ1) is 8.15. The highest BCUT2D eigenvalue weighted by Gasteiger charge is 2.41. The molecule has 1 atom stereocenters. The number of aliphatic carboxylic acids is 1. The van der Waals surface area contributed by atoms with E-state index in [9.17, 15) is 9.90 Å². The minimum absolute atomic E-state index is 0.577. The molecule has 5 nitrogen and oxygen atoms in total. The molecule has 0 saturated carbocycles. The summed E-state index contributed by atoms with van der Waals surface area (Å²) in [4.78, 5) is 17.5. The summed E-state index contributed by atoms with van der Waals surface area (Å²) >= 11 is 0. The highest BCUT2D eigenvalue weighted by Crippen LogP contribution is 2.28. The molecule has 1 saturated heterocycles. The molecule has 1 aliphatic rings. The Morgan fingerprint density at radius 2 is 2.00 bits per heavy atom. The van der Waals surface area contributed by atoms with Crippen LogP contribution in [0.15, 0.2) is 24.5 Å². The molecule has 0 spiro atoms. The smallest absolute Gasteiger partial charge is 0.328 e. The van der Waals surface area contributed by atoms with Crippen LogP contribution in [0, 0.1) is 0 Å². The van der Waals surface area contributed by atoms with Gasteiger partial charge in [-0.1, -0.05) is 0 Å². The lowest BCUT2D eigenvalue weighted by atomic mass is 9.90. The molecular formula is C12H16N2O3. The van der Waals surface area contributed by atoms with Gasteiger partial charge in [0.2, 0.25) is 0 Å². The van der Waals surface area contributed by atoms with Gasteiger partial charge in [-0.05, 0) is 24.6 Å². The molecule has 0 aromatic carbocycles. The van der Waals surface area contributed by atoms with Crippen LogP contribution in [0.25, 0.3) is 0 Å². The topological polar surface area (TPSA) is 62.7 Å². The van der Waals surface area contributed by atoms with E-state index in [1.165, 1.54) is 0 Å². The van der Waals surface area contributed by atoms with E-state index in [2.05, 4.69) is 4.98 Å². The van der Waals surface area contributed by atoms with Gasteiger partial charge in [0.1, 0.15) is 5.54 Å². The van der Waals surface area contributed by atoms with Gasteiger partial charge in [0, 0.05) is 25.5 Å². The third-order valence-electron chi connectivity index (χ3n) is 3.30. The SMILES string of the molecule is CC(C(=O)O)(c1ccncc1)N1CCOCC1. The molecule has 1 unspecified atom stereocenters. The van der Waals surface area contributed by atoms with Gasteiger partial charge >= 0.3 is 5.97 Å². The van der Waals surface area contributed by atoms with Crippen molar-refractivity contribution in [3.8, 4) is 0 Å². The van der Waals surface area contributed by atoms with Crippen molar-refractivity contribution in [1.29, 1.82) is 0 Å². The number of carboxylic acid groups (broad SMARTS) is 1. The Morgan fingerprint density at radius 3 is 2.53 bits per heavy atom. The predicted octanol–water partition coefficient (Wildman–Crippen LogP) is 0.714. The molecule has 0 bridgehead atoms. The second kappa shape index (κ2) is 4.81. The molecule has 5 heteroatoms. The van der Waals surface area contributed by atoms with Crippen LogP contribution in [0.3, 0.4) is 0 Å². The third-order valence-corrected chi connectivity index (χ3v) is 3.30. The highest BCUT2D eigenvalue weighted by atomic mass is 16.5. The molecule has 1 aromatic rings. The number of morpholine rings is 1. The van der Waals surface area contributed by atoms with Crippen molar-refractivity contribution in [1.82, 2.24) is 9.88 Å². The summed E-state index contributed by atoms with van der Waals surface area (Å²) in [6, 6.07) is 3.51. The monoisotopic (exact) mass is 236 g/mol. The quantitative estimate of drug-likeness (QED) is 0.837. The molecule has 2 rings (SSSR count). The minimum atomic E-state index is -1.01. The first-order valence-electron chi connectivity index (χ1n) is 5.62. The van der Waals surface area contributed by atoms with E-state index in [-0.39, 0.29) is 0 Å². The average Bonchev–Trinajstić information content (AvgIpc) is 2.39. The number of rotatable bonds is 3. The number of pyridine rings is 1. The third kappa shape index (κ3) is 2.16. The summed E-state index contributed by atoms with van der Waals surface area (Å²) in [6.45, 7) is 4.15. The molecule has 0 aliphatic carbocycles. The largest absolute Gasteiger partial charge is 0.480 e. The van der Waals surface area contributed by atoms with Crippen LogP contribution in [-0.2, 0) is 15.1 Å². The molecule has 17 heavy (non-hydrogen) atoms. The molecule has 1 aliphatic heterocycles. The molecule has 1 aromatic heterocycles. The highest BCUT2D eigenvalue weighted by molar-refractivity contribution is 5.80. The van der Waals surface area contributed by atoms with Crippen LogP contribution >= 0.6 is 0 Å². The first kappa shape index (κ1) is 12.0. The summed E-state index contributed by atoms with van der Waals surface area (Å²) in [5.74, 6) is -0.842. The maximum absolute atomic E-state index is 11.6.